The van der Waals surface area contributed by atoms with Crippen molar-refractivity contribution in [3.05, 3.63) is 35.6 Å². The first-order chi connectivity index (χ1) is 12.2. The standard InChI is InChI=1S/C17H20FNO7/c1-9(13(16(23)25-2)17(24)26-3)14(15(21)22)19-12(20)8-10-4-6-11(18)7-5-10/h4-7,9,13-14H,8H2,1-3H3,(H,19,20)(H,21,22)/t9-,14-/m1/s1. The number of carboxylic acids is 1. The number of carbonyl (C=O) groups excluding carboxylic acids is 3. The van der Waals surface area contributed by atoms with E-state index >= 15 is 0 Å². The highest BCUT2D eigenvalue weighted by Crippen LogP contribution is 2.20. The van der Waals surface area contributed by atoms with Gasteiger partial charge in [0.15, 0.2) is 5.92 Å². The van der Waals surface area contributed by atoms with E-state index in [1.165, 1.54) is 31.2 Å². The lowest BCUT2D eigenvalue weighted by Crippen LogP contribution is -2.50. The van der Waals surface area contributed by atoms with Gasteiger partial charge in [0.2, 0.25) is 5.91 Å². The topological polar surface area (TPSA) is 119 Å². The smallest absolute Gasteiger partial charge is 0.326 e. The first kappa shape index (κ1) is 21.1. The summed E-state index contributed by atoms with van der Waals surface area (Å²) in [5.74, 6) is -7.15. The maximum absolute atomic E-state index is 12.9. The maximum Gasteiger partial charge on any atom is 0.326 e. The van der Waals surface area contributed by atoms with Crippen LogP contribution in [-0.4, -0.2) is 49.2 Å². The molecule has 0 aliphatic carbocycles. The summed E-state index contributed by atoms with van der Waals surface area (Å²) >= 11 is 0. The van der Waals surface area contributed by atoms with Crippen molar-refractivity contribution in [3.63, 3.8) is 0 Å². The van der Waals surface area contributed by atoms with Gasteiger partial charge in [-0.1, -0.05) is 19.1 Å². The summed E-state index contributed by atoms with van der Waals surface area (Å²) in [6, 6.07) is 3.58. The lowest BCUT2D eigenvalue weighted by Gasteiger charge is -2.26. The average molecular weight is 369 g/mol. The van der Waals surface area contributed by atoms with Crippen LogP contribution in [0.3, 0.4) is 0 Å². The Morgan fingerprint density at radius 3 is 2.00 bits per heavy atom. The number of amides is 1. The van der Waals surface area contributed by atoms with Crippen molar-refractivity contribution in [2.75, 3.05) is 14.2 Å². The van der Waals surface area contributed by atoms with Crippen LogP contribution in [0.4, 0.5) is 4.39 Å². The van der Waals surface area contributed by atoms with Gasteiger partial charge in [-0.15, -0.1) is 0 Å². The molecule has 2 atom stereocenters. The molecule has 9 heteroatoms. The Hall–Kier alpha value is -2.97. The van der Waals surface area contributed by atoms with Crippen molar-refractivity contribution in [2.45, 2.75) is 19.4 Å². The van der Waals surface area contributed by atoms with E-state index in [0.717, 1.165) is 14.2 Å². The third-order valence-electron chi connectivity index (χ3n) is 3.82. The minimum atomic E-state index is -1.54. The van der Waals surface area contributed by atoms with Crippen LogP contribution in [0.1, 0.15) is 12.5 Å². The molecule has 0 unspecified atom stereocenters. The van der Waals surface area contributed by atoms with Gasteiger partial charge in [-0.25, -0.2) is 9.18 Å². The molecular formula is C17H20FNO7. The highest BCUT2D eigenvalue weighted by atomic mass is 19.1. The van der Waals surface area contributed by atoms with Gasteiger partial charge in [0.1, 0.15) is 11.9 Å². The first-order valence-electron chi connectivity index (χ1n) is 7.63. The minimum absolute atomic E-state index is 0.197. The number of aliphatic carboxylic acids is 1. The number of nitrogens with one attached hydrogen (secondary N) is 1. The van der Waals surface area contributed by atoms with Crippen LogP contribution in [-0.2, 0) is 35.1 Å². The summed E-state index contributed by atoms with van der Waals surface area (Å²) in [5, 5.41) is 11.7. The van der Waals surface area contributed by atoms with Gasteiger partial charge in [0, 0.05) is 5.92 Å². The highest BCUT2D eigenvalue weighted by Gasteiger charge is 2.41. The van der Waals surface area contributed by atoms with Gasteiger partial charge in [-0.2, -0.15) is 0 Å². The molecule has 26 heavy (non-hydrogen) atoms. The number of halogens is 1. The number of methoxy groups -OCH3 is 2. The van der Waals surface area contributed by atoms with Gasteiger partial charge in [-0.05, 0) is 17.7 Å². The Morgan fingerprint density at radius 1 is 1.08 bits per heavy atom. The van der Waals surface area contributed by atoms with Gasteiger partial charge in [0.05, 0.1) is 20.6 Å². The lowest BCUT2D eigenvalue weighted by atomic mass is 9.87. The van der Waals surface area contributed by atoms with Gasteiger partial charge >= 0.3 is 17.9 Å². The summed E-state index contributed by atoms with van der Waals surface area (Å²) in [6.45, 7) is 1.31. The SMILES string of the molecule is COC(=O)C(C(=O)OC)[C@@H](C)[C@@H](NC(=O)Cc1ccc(F)cc1)C(=O)O. The fourth-order valence-electron chi connectivity index (χ4n) is 2.40. The van der Waals surface area contributed by atoms with Gasteiger partial charge in [-0.3, -0.25) is 14.4 Å². The Balaban J connectivity index is 2.93. The van der Waals surface area contributed by atoms with Crippen LogP contribution in [0.15, 0.2) is 24.3 Å². The molecule has 0 aliphatic rings. The molecule has 2 N–H and O–H groups in total. The number of carboxylic acid groups (broad SMARTS) is 1. The quantitative estimate of drug-likeness (QED) is 0.507. The lowest BCUT2D eigenvalue weighted by molar-refractivity contribution is -0.163. The summed E-state index contributed by atoms with van der Waals surface area (Å²) < 4.78 is 21.9. The zero-order valence-corrected chi connectivity index (χ0v) is 14.5. The van der Waals surface area contributed by atoms with E-state index in [2.05, 4.69) is 14.8 Å². The molecule has 142 valence electrons. The van der Waals surface area contributed by atoms with E-state index < -0.39 is 47.5 Å². The molecular weight excluding hydrogens is 349 g/mol. The molecule has 1 amide bonds. The number of benzene rings is 1. The second-order valence-electron chi connectivity index (χ2n) is 5.57. The molecule has 1 aromatic rings. The number of hydrogen-bond donors (Lipinski definition) is 2. The second kappa shape index (κ2) is 9.50. The van der Waals surface area contributed by atoms with E-state index in [9.17, 15) is 28.7 Å². The third kappa shape index (κ3) is 5.54. The molecule has 0 aliphatic heterocycles. The van der Waals surface area contributed by atoms with Crippen LogP contribution >= 0.6 is 0 Å². The van der Waals surface area contributed by atoms with E-state index in [4.69, 9.17) is 0 Å². The fraction of sp³-hybridized carbons (Fsp3) is 0.412. The number of hydrogen-bond acceptors (Lipinski definition) is 6. The molecule has 0 saturated heterocycles. The normalized spacial score (nSPS) is 12.8. The molecule has 1 aromatic carbocycles. The molecule has 0 radical (unpaired) electrons. The summed E-state index contributed by atoms with van der Waals surface area (Å²) in [7, 11) is 2.10. The van der Waals surface area contributed by atoms with Crippen LogP contribution in [0, 0.1) is 17.7 Å². The van der Waals surface area contributed by atoms with Crippen molar-refractivity contribution in [1.82, 2.24) is 5.32 Å². The van der Waals surface area contributed by atoms with Crippen molar-refractivity contribution in [3.8, 4) is 0 Å². The zero-order valence-electron chi connectivity index (χ0n) is 14.5. The largest absolute Gasteiger partial charge is 0.480 e. The van der Waals surface area contributed by atoms with E-state index in [1.807, 2.05) is 0 Å². The van der Waals surface area contributed by atoms with Crippen molar-refractivity contribution in [1.29, 1.82) is 0 Å². The number of ether oxygens (including phenoxy) is 2. The molecule has 0 saturated carbocycles. The van der Waals surface area contributed by atoms with Crippen molar-refractivity contribution >= 4 is 23.8 Å². The molecule has 0 bridgehead atoms. The summed E-state index contributed by atoms with van der Waals surface area (Å²) in [5.41, 5.74) is 0.471. The average Bonchev–Trinajstić information content (AvgIpc) is 2.60. The van der Waals surface area contributed by atoms with Crippen molar-refractivity contribution in [2.24, 2.45) is 11.8 Å². The molecule has 1 rings (SSSR count). The van der Waals surface area contributed by atoms with Crippen molar-refractivity contribution < 1.29 is 38.1 Å². The monoisotopic (exact) mass is 369 g/mol. The molecule has 0 heterocycles. The van der Waals surface area contributed by atoms with Crippen LogP contribution in [0.25, 0.3) is 0 Å². The summed E-state index contributed by atoms with van der Waals surface area (Å²) in [6.07, 6.45) is -0.197. The van der Waals surface area contributed by atoms with Gasteiger partial charge < -0.3 is 19.9 Å². The Morgan fingerprint density at radius 2 is 1.58 bits per heavy atom. The number of carbonyl (C=O) groups is 4. The van der Waals surface area contributed by atoms with Crippen LogP contribution in [0.5, 0.6) is 0 Å². The third-order valence-corrected chi connectivity index (χ3v) is 3.82. The Bertz CT molecular complexity index is 658. The molecule has 0 spiro atoms. The van der Waals surface area contributed by atoms with E-state index in [-0.39, 0.29) is 6.42 Å². The highest BCUT2D eigenvalue weighted by molar-refractivity contribution is 5.96. The Labute approximate surface area is 149 Å². The number of esters is 2. The zero-order chi connectivity index (χ0) is 19.9. The summed E-state index contributed by atoms with van der Waals surface area (Å²) in [4.78, 5) is 47.3. The molecule has 8 nitrogen and oxygen atoms in total. The van der Waals surface area contributed by atoms with E-state index in [0.29, 0.717) is 5.56 Å². The predicted molar refractivity (Wildman–Crippen MR) is 86.4 cm³/mol. The second-order valence-corrected chi connectivity index (χ2v) is 5.57. The molecule has 0 fully saturated rings. The first-order valence-corrected chi connectivity index (χ1v) is 7.63. The maximum atomic E-state index is 12.9. The number of rotatable bonds is 8. The minimum Gasteiger partial charge on any atom is -0.480 e. The fourth-order valence-corrected chi connectivity index (χ4v) is 2.40. The van der Waals surface area contributed by atoms with E-state index in [1.54, 1.807) is 0 Å². The van der Waals surface area contributed by atoms with Crippen LogP contribution < -0.4 is 5.32 Å². The molecule has 0 aromatic heterocycles. The van der Waals surface area contributed by atoms with Gasteiger partial charge in [0.25, 0.3) is 0 Å². The predicted octanol–water partition coefficient (Wildman–Crippen LogP) is 0.536. The Kier molecular flexibility index (Phi) is 7.70. The van der Waals surface area contributed by atoms with Crippen LogP contribution in [0.2, 0.25) is 0 Å².